The third-order valence-electron chi connectivity index (χ3n) is 2.42. The third kappa shape index (κ3) is 4.27. The molecule has 0 fully saturated rings. The van der Waals surface area contributed by atoms with Crippen molar-refractivity contribution in [2.24, 2.45) is 5.73 Å². The van der Waals surface area contributed by atoms with Crippen LogP contribution in [0.3, 0.4) is 0 Å². The first kappa shape index (κ1) is 13.9. The molecule has 0 aliphatic carbocycles. The second-order valence-corrected chi connectivity index (χ2v) is 6.39. The standard InChI is InChI=1S/C13H14N2O2S2/c14-13(16)15(17)9-8-11-6-7-12(19-11)18-10-4-2-1-3-5-10/h1-7,17H,8-9H2,(H2,14,16). The molecule has 0 radical (unpaired) electrons. The van der Waals surface area contributed by atoms with Crippen molar-refractivity contribution in [1.29, 1.82) is 0 Å². The summed E-state index contributed by atoms with van der Waals surface area (Å²) in [6.45, 7) is 0.214. The summed E-state index contributed by atoms with van der Waals surface area (Å²) in [5.41, 5.74) is 4.94. The number of carbonyl (C=O) groups is 1. The molecule has 100 valence electrons. The maximum atomic E-state index is 10.7. The highest BCUT2D eigenvalue weighted by Gasteiger charge is 2.07. The zero-order valence-electron chi connectivity index (χ0n) is 10.2. The number of nitrogens with zero attached hydrogens (tertiary/aromatic N) is 1. The van der Waals surface area contributed by atoms with E-state index in [0.717, 1.165) is 4.88 Å². The van der Waals surface area contributed by atoms with Gasteiger partial charge in [0.25, 0.3) is 0 Å². The van der Waals surface area contributed by atoms with Crippen molar-refractivity contribution in [2.45, 2.75) is 15.5 Å². The van der Waals surface area contributed by atoms with Crippen LogP contribution in [-0.2, 0) is 6.42 Å². The molecule has 3 N–H and O–H groups in total. The number of carbonyl (C=O) groups excluding carboxylic acids is 1. The second-order valence-electron chi connectivity index (χ2n) is 3.85. The van der Waals surface area contributed by atoms with Crippen LogP contribution in [0.1, 0.15) is 4.88 Å². The number of nitrogens with two attached hydrogens (primary N) is 1. The highest BCUT2D eigenvalue weighted by molar-refractivity contribution is 8.01. The minimum Gasteiger partial charge on any atom is -0.350 e. The Morgan fingerprint density at radius 3 is 2.68 bits per heavy atom. The predicted molar refractivity (Wildman–Crippen MR) is 76.7 cm³/mol. The highest BCUT2D eigenvalue weighted by Crippen LogP contribution is 2.33. The molecule has 0 saturated heterocycles. The number of primary amides is 1. The zero-order valence-corrected chi connectivity index (χ0v) is 11.8. The van der Waals surface area contributed by atoms with E-state index in [0.29, 0.717) is 11.5 Å². The maximum absolute atomic E-state index is 10.7. The summed E-state index contributed by atoms with van der Waals surface area (Å²) in [4.78, 5) is 13.0. The number of amides is 2. The van der Waals surface area contributed by atoms with Crippen molar-refractivity contribution in [2.75, 3.05) is 6.54 Å². The van der Waals surface area contributed by atoms with Gasteiger partial charge in [0.1, 0.15) is 0 Å². The van der Waals surface area contributed by atoms with Gasteiger partial charge in [0, 0.05) is 16.2 Å². The lowest BCUT2D eigenvalue weighted by atomic mass is 10.3. The van der Waals surface area contributed by atoms with E-state index < -0.39 is 6.03 Å². The summed E-state index contributed by atoms with van der Waals surface area (Å²) in [5.74, 6) is 0. The van der Waals surface area contributed by atoms with Gasteiger partial charge in [0.15, 0.2) is 0 Å². The highest BCUT2D eigenvalue weighted by atomic mass is 32.2. The minimum absolute atomic E-state index is 0.214. The van der Waals surface area contributed by atoms with Crippen LogP contribution in [0.5, 0.6) is 0 Å². The van der Waals surface area contributed by atoms with Gasteiger partial charge in [0.05, 0.1) is 10.8 Å². The summed E-state index contributed by atoms with van der Waals surface area (Å²) in [5, 5.41) is 9.72. The lowest BCUT2D eigenvalue weighted by molar-refractivity contribution is -0.0380. The van der Waals surface area contributed by atoms with Crippen molar-refractivity contribution in [3.8, 4) is 0 Å². The number of hydroxylamine groups is 2. The molecule has 0 unspecified atom stereocenters. The zero-order chi connectivity index (χ0) is 13.7. The van der Waals surface area contributed by atoms with Gasteiger partial charge in [0.2, 0.25) is 0 Å². The molecule has 0 bridgehead atoms. The van der Waals surface area contributed by atoms with E-state index in [2.05, 4.69) is 12.1 Å². The van der Waals surface area contributed by atoms with E-state index in [1.54, 1.807) is 23.1 Å². The molecular formula is C13H14N2O2S2. The van der Waals surface area contributed by atoms with E-state index in [4.69, 9.17) is 5.73 Å². The number of urea groups is 1. The molecule has 19 heavy (non-hydrogen) atoms. The SMILES string of the molecule is NC(=O)N(O)CCc1ccc(Sc2ccccc2)s1. The van der Waals surface area contributed by atoms with Crippen molar-refractivity contribution in [3.63, 3.8) is 0 Å². The van der Waals surface area contributed by atoms with Gasteiger partial charge in [-0.15, -0.1) is 11.3 Å². The molecule has 0 saturated carbocycles. The molecule has 2 rings (SSSR count). The van der Waals surface area contributed by atoms with Crippen LogP contribution in [-0.4, -0.2) is 22.8 Å². The van der Waals surface area contributed by atoms with Gasteiger partial charge in [-0.2, -0.15) is 0 Å². The van der Waals surface area contributed by atoms with Crippen molar-refractivity contribution in [3.05, 3.63) is 47.3 Å². The minimum atomic E-state index is -0.824. The lowest BCUT2D eigenvalue weighted by Gasteiger charge is -2.10. The quantitative estimate of drug-likeness (QED) is 0.657. The maximum Gasteiger partial charge on any atom is 0.338 e. The average molecular weight is 294 g/mol. The van der Waals surface area contributed by atoms with Crippen molar-refractivity contribution < 1.29 is 10.0 Å². The van der Waals surface area contributed by atoms with Gasteiger partial charge >= 0.3 is 6.03 Å². The summed E-state index contributed by atoms with van der Waals surface area (Å²) in [7, 11) is 0. The fraction of sp³-hybridized carbons (Fsp3) is 0.154. The average Bonchev–Trinajstić information content (AvgIpc) is 2.84. The summed E-state index contributed by atoms with van der Waals surface area (Å²) in [6, 6.07) is 13.4. The molecule has 1 aromatic heterocycles. The molecule has 4 nitrogen and oxygen atoms in total. The molecule has 0 aliphatic rings. The molecule has 6 heteroatoms. The van der Waals surface area contributed by atoms with Gasteiger partial charge in [-0.25, -0.2) is 9.86 Å². The fourth-order valence-electron chi connectivity index (χ4n) is 1.48. The van der Waals surface area contributed by atoms with Crippen LogP contribution >= 0.6 is 23.1 Å². The Bertz CT molecular complexity index is 543. The van der Waals surface area contributed by atoms with Crippen LogP contribution in [0, 0.1) is 0 Å². The van der Waals surface area contributed by atoms with Crippen LogP contribution in [0.15, 0.2) is 51.6 Å². The van der Waals surface area contributed by atoms with Crippen LogP contribution < -0.4 is 5.73 Å². The monoisotopic (exact) mass is 294 g/mol. The van der Waals surface area contributed by atoms with Gasteiger partial charge in [-0.1, -0.05) is 30.0 Å². The Morgan fingerprint density at radius 2 is 2.00 bits per heavy atom. The normalized spacial score (nSPS) is 10.4. The molecule has 1 aromatic carbocycles. The molecule has 1 heterocycles. The third-order valence-corrected chi connectivity index (χ3v) is 4.71. The molecule has 2 aromatic rings. The molecule has 0 atom stereocenters. The molecule has 0 spiro atoms. The first-order valence-electron chi connectivity index (χ1n) is 5.72. The summed E-state index contributed by atoms with van der Waals surface area (Å²) < 4.78 is 1.18. The Labute approximate surface area is 119 Å². The van der Waals surface area contributed by atoms with E-state index in [1.165, 1.54) is 9.10 Å². The summed E-state index contributed by atoms with van der Waals surface area (Å²) >= 11 is 3.35. The fourth-order valence-corrected chi connectivity index (χ4v) is 3.64. The second kappa shape index (κ2) is 6.60. The van der Waals surface area contributed by atoms with E-state index in [9.17, 15) is 10.0 Å². The first-order valence-corrected chi connectivity index (χ1v) is 7.36. The number of hydrogen-bond donors (Lipinski definition) is 2. The molecular weight excluding hydrogens is 280 g/mol. The Kier molecular flexibility index (Phi) is 4.84. The van der Waals surface area contributed by atoms with Crippen molar-refractivity contribution >= 4 is 29.1 Å². The van der Waals surface area contributed by atoms with E-state index in [-0.39, 0.29) is 6.54 Å². The lowest BCUT2D eigenvalue weighted by Crippen LogP contribution is -2.34. The van der Waals surface area contributed by atoms with Crippen LogP contribution in [0.25, 0.3) is 0 Å². The van der Waals surface area contributed by atoms with Crippen molar-refractivity contribution in [1.82, 2.24) is 5.06 Å². The number of benzene rings is 1. The molecule has 0 aliphatic heterocycles. The summed E-state index contributed by atoms with van der Waals surface area (Å²) in [6.07, 6.45) is 0.597. The van der Waals surface area contributed by atoms with Crippen LogP contribution in [0.2, 0.25) is 0 Å². The number of rotatable bonds is 5. The molecule has 2 amide bonds. The van der Waals surface area contributed by atoms with Crippen LogP contribution in [0.4, 0.5) is 4.79 Å². The Hall–Kier alpha value is -1.50. The van der Waals surface area contributed by atoms with Gasteiger partial charge < -0.3 is 5.73 Å². The smallest absolute Gasteiger partial charge is 0.338 e. The number of hydrogen-bond acceptors (Lipinski definition) is 4. The van der Waals surface area contributed by atoms with Gasteiger partial charge in [-0.05, 0) is 24.3 Å². The Balaban J connectivity index is 1.90. The van der Waals surface area contributed by atoms with E-state index >= 15 is 0 Å². The first-order chi connectivity index (χ1) is 9.15. The van der Waals surface area contributed by atoms with E-state index in [1.807, 2.05) is 30.3 Å². The Morgan fingerprint density at radius 1 is 1.26 bits per heavy atom. The largest absolute Gasteiger partial charge is 0.350 e. The number of thiophene rings is 1. The van der Waals surface area contributed by atoms with Gasteiger partial charge in [-0.3, -0.25) is 5.21 Å². The predicted octanol–water partition coefficient (Wildman–Crippen LogP) is 3.21. The topological polar surface area (TPSA) is 66.6 Å².